The van der Waals surface area contributed by atoms with Crippen LogP contribution in [-0.4, -0.2) is 37.0 Å². The molecule has 2 aromatic carbocycles. The highest BCUT2D eigenvalue weighted by atomic mass is 15.2. The van der Waals surface area contributed by atoms with Crippen LogP contribution in [-0.2, 0) is 13.1 Å². The second-order valence-corrected chi connectivity index (χ2v) is 6.90. The van der Waals surface area contributed by atoms with Crippen molar-refractivity contribution in [1.29, 1.82) is 0 Å². The van der Waals surface area contributed by atoms with E-state index < -0.39 is 0 Å². The van der Waals surface area contributed by atoms with Crippen LogP contribution in [0.15, 0.2) is 54.6 Å². The second kappa shape index (κ2) is 8.85. The molecule has 124 valence electrons. The number of hydrogen-bond acceptors (Lipinski definition) is 2. The van der Waals surface area contributed by atoms with Gasteiger partial charge in [0, 0.05) is 26.2 Å². The average molecular weight is 310 g/mol. The van der Waals surface area contributed by atoms with Gasteiger partial charge in [0.1, 0.15) is 0 Å². The Labute approximate surface area is 141 Å². The van der Waals surface area contributed by atoms with Crippen molar-refractivity contribution in [3.05, 3.63) is 71.3 Å². The Hall–Kier alpha value is -1.64. The Morgan fingerprint density at radius 1 is 0.783 bits per heavy atom. The van der Waals surface area contributed by atoms with E-state index in [1.165, 1.54) is 16.7 Å². The predicted octanol–water partition coefficient (Wildman–Crippen LogP) is 4.37. The average Bonchev–Trinajstić information content (AvgIpc) is 2.54. The van der Waals surface area contributed by atoms with E-state index in [9.17, 15) is 0 Å². The molecular formula is C21H30N2. The van der Waals surface area contributed by atoms with Gasteiger partial charge in [0.15, 0.2) is 0 Å². The smallest absolute Gasteiger partial charge is 0.0237 e. The van der Waals surface area contributed by atoms with Gasteiger partial charge in [0.05, 0.1) is 0 Å². The van der Waals surface area contributed by atoms with Crippen molar-refractivity contribution in [2.45, 2.75) is 32.9 Å². The zero-order chi connectivity index (χ0) is 16.7. The van der Waals surface area contributed by atoms with Crippen molar-refractivity contribution in [2.75, 3.05) is 27.2 Å². The first-order valence-electron chi connectivity index (χ1n) is 8.54. The SMILES string of the molecule is CC(C)c1cccc(CN(CCN(C)C)Cc2ccccc2)c1. The maximum atomic E-state index is 2.54. The summed E-state index contributed by atoms with van der Waals surface area (Å²) in [6, 6.07) is 19.8. The number of benzene rings is 2. The van der Waals surface area contributed by atoms with E-state index in [0.29, 0.717) is 5.92 Å². The van der Waals surface area contributed by atoms with Crippen LogP contribution in [0.1, 0.15) is 36.5 Å². The summed E-state index contributed by atoms with van der Waals surface area (Å²) in [5.74, 6) is 0.583. The highest BCUT2D eigenvalue weighted by Gasteiger charge is 2.09. The van der Waals surface area contributed by atoms with Gasteiger partial charge in [-0.25, -0.2) is 0 Å². The lowest BCUT2D eigenvalue weighted by atomic mass is 10.0. The molecular weight excluding hydrogens is 280 g/mol. The molecule has 0 aliphatic rings. The summed E-state index contributed by atoms with van der Waals surface area (Å²) >= 11 is 0. The lowest BCUT2D eigenvalue weighted by molar-refractivity contribution is 0.226. The molecule has 0 saturated carbocycles. The molecule has 2 rings (SSSR count). The Morgan fingerprint density at radius 2 is 1.43 bits per heavy atom. The minimum atomic E-state index is 0.583. The molecule has 0 spiro atoms. The van der Waals surface area contributed by atoms with E-state index >= 15 is 0 Å². The van der Waals surface area contributed by atoms with Gasteiger partial charge in [-0.2, -0.15) is 0 Å². The van der Waals surface area contributed by atoms with Crippen molar-refractivity contribution in [3.8, 4) is 0 Å². The lowest BCUT2D eigenvalue weighted by Gasteiger charge is -2.24. The van der Waals surface area contributed by atoms with Crippen LogP contribution in [0.5, 0.6) is 0 Å². The predicted molar refractivity (Wildman–Crippen MR) is 99.6 cm³/mol. The molecule has 0 radical (unpaired) electrons. The summed E-state index contributed by atoms with van der Waals surface area (Å²) in [7, 11) is 4.28. The molecule has 0 saturated heterocycles. The van der Waals surface area contributed by atoms with Gasteiger partial charge in [0.2, 0.25) is 0 Å². The first-order valence-corrected chi connectivity index (χ1v) is 8.54. The highest BCUT2D eigenvalue weighted by Crippen LogP contribution is 2.17. The Bertz CT molecular complexity index is 575. The third-order valence-electron chi connectivity index (χ3n) is 4.14. The summed E-state index contributed by atoms with van der Waals surface area (Å²) in [6.07, 6.45) is 0. The van der Waals surface area contributed by atoms with Gasteiger partial charge in [-0.05, 0) is 36.7 Å². The monoisotopic (exact) mass is 310 g/mol. The minimum Gasteiger partial charge on any atom is -0.308 e. The van der Waals surface area contributed by atoms with E-state index in [-0.39, 0.29) is 0 Å². The normalized spacial score (nSPS) is 11.6. The van der Waals surface area contributed by atoms with Gasteiger partial charge in [0.25, 0.3) is 0 Å². The summed E-state index contributed by atoms with van der Waals surface area (Å²) in [6.45, 7) is 8.67. The second-order valence-electron chi connectivity index (χ2n) is 6.90. The lowest BCUT2D eigenvalue weighted by Crippen LogP contribution is -2.31. The zero-order valence-electron chi connectivity index (χ0n) is 15.0. The molecule has 0 heterocycles. The number of hydrogen-bond donors (Lipinski definition) is 0. The maximum Gasteiger partial charge on any atom is 0.0237 e. The van der Waals surface area contributed by atoms with E-state index in [1.54, 1.807) is 0 Å². The minimum absolute atomic E-state index is 0.583. The standard InChI is InChI=1S/C21H30N2/c1-18(2)21-12-8-11-20(15-21)17-23(14-13-22(3)4)16-19-9-6-5-7-10-19/h5-12,15,18H,13-14,16-17H2,1-4H3. The van der Waals surface area contributed by atoms with E-state index in [2.05, 4.69) is 92.3 Å². The van der Waals surface area contributed by atoms with Crippen LogP contribution in [0.25, 0.3) is 0 Å². The van der Waals surface area contributed by atoms with Crippen molar-refractivity contribution < 1.29 is 0 Å². The molecule has 0 aliphatic carbocycles. The van der Waals surface area contributed by atoms with Crippen molar-refractivity contribution in [3.63, 3.8) is 0 Å². The molecule has 0 unspecified atom stereocenters. The van der Waals surface area contributed by atoms with Crippen molar-refractivity contribution in [1.82, 2.24) is 9.80 Å². The van der Waals surface area contributed by atoms with Crippen molar-refractivity contribution >= 4 is 0 Å². The molecule has 0 aromatic heterocycles. The fourth-order valence-corrected chi connectivity index (χ4v) is 2.71. The highest BCUT2D eigenvalue weighted by molar-refractivity contribution is 5.26. The van der Waals surface area contributed by atoms with Crippen molar-refractivity contribution in [2.24, 2.45) is 0 Å². The van der Waals surface area contributed by atoms with Gasteiger partial charge < -0.3 is 4.90 Å². The Balaban J connectivity index is 2.08. The third-order valence-corrected chi connectivity index (χ3v) is 4.14. The van der Waals surface area contributed by atoms with Gasteiger partial charge in [-0.1, -0.05) is 68.4 Å². The largest absolute Gasteiger partial charge is 0.308 e. The Kier molecular flexibility index (Phi) is 6.82. The fourth-order valence-electron chi connectivity index (χ4n) is 2.71. The summed E-state index contributed by atoms with van der Waals surface area (Å²) < 4.78 is 0. The maximum absolute atomic E-state index is 2.54. The molecule has 0 fully saturated rings. The third kappa shape index (κ3) is 6.17. The van der Waals surface area contributed by atoms with Crippen LogP contribution in [0.4, 0.5) is 0 Å². The van der Waals surface area contributed by atoms with Crippen LogP contribution < -0.4 is 0 Å². The molecule has 2 heteroatoms. The first kappa shape index (κ1) is 17.7. The van der Waals surface area contributed by atoms with Crippen LogP contribution >= 0.6 is 0 Å². The van der Waals surface area contributed by atoms with Crippen LogP contribution in [0.2, 0.25) is 0 Å². The summed E-state index contributed by atoms with van der Waals surface area (Å²) in [5.41, 5.74) is 4.21. The molecule has 2 nitrogen and oxygen atoms in total. The van der Waals surface area contributed by atoms with E-state index in [4.69, 9.17) is 0 Å². The molecule has 0 bridgehead atoms. The zero-order valence-corrected chi connectivity index (χ0v) is 15.0. The summed E-state index contributed by atoms with van der Waals surface area (Å²) in [5, 5.41) is 0. The fraction of sp³-hybridized carbons (Fsp3) is 0.429. The quantitative estimate of drug-likeness (QED) is 0.714. The topological polar surface area (TPSA) is 6.48 Å². The van der Waals surface area contributed by atoms with Gasteiger partial charge >= 0.3 is 0 Å². The summed E-state index contributed by atoms with van der Waals surface area (Å²) in [4.78, 5) is 4.79. The number of rotatable bonds is 8. The molecule has 23 heavy (non-hydrogen) atoms. The molecule has 0 N–H and O–H groups in total. The van der Waals surface area contributed by atoms with Gasteiger partial charge in [-0.3, -0.25) is 4.90 Å². The van der Waals surface area contributed by atoms with E-state index in [0.717, 1.165) is 26.2 Å². The molecule has 0 amide bonds. The van der Waals surface area contributed by atoms with Crippen LogP contribution in [0.3, 0.4) is 0 Å². The Morgan fingerprint density at radius 3 is 2.09 bits per heavy atom. The molecule has 0 atom stereocenters. The number of nitrogens with zero attached hydrogens (tertiary/aromatic N) is 2. The van der Waals surface area contributed by atoms with E-state index in [1.807, 2.05) is 0 Å². The molecule has 2 aromatic rings. The first-order chi connectivity index (χ1) is 11.0. The molecule has 0 aliphatic heterocycles. The van der Waals surface area contributed by atoms with Crippen LogP contribution in [0, 0.1) is 0 Å². The number of likely N-dealkylation sites (N-methyl/N-ethyl adjacent to an activating group) is 1. The van der Waals surface area contributed by atoms with Gasteiger partial charge in [-0.15, -0.1) is 0 Å².